The van der Waals surface area contributed by atoms with Crippen LogP contribution in [0.25, 0.3) is 0 Å². The number of aryl methyl sites for hydroxylation is 2. The van der Waals surface area contributed by atoms with E-state index in [2.05, 4.69) is 15.3 Å². The van der Waals surface area contributed by atoms with E-state index < -0.39 is 0 Å². The Balaban J connectivity index is 2.60. The molecule has 0 saturated carbocycles. The number of rotatable bonds is 4. The van der Waals surface area contributed by atoms with Crippen molar-refractivity contribution < 1.29 is 5.11 Å². The number of aliphatic hydroxyl groups is 1. The number of nitrogens with one attached hydrogen (secondary N) is 1. The van der Waals surface area contributed by atoms with E-state index in [4.69, 9.17) is 0 Å². The number of aliphatic hydroxyl groups excluding tert-OH is 1. The molecule has 15 heavy (non-hydrogen) atoms. The number of hydrogen-bond acceptors (Lipinski definition) is 4. The summed E-state index contributed by atoms with van der Waals surface area (Å²) in [5.41, 5.74) is 1.88. The van der Waals surface area contributed by atoms with E-state index in [0.717, 1.165) is 17.2 Å². The Bertz CT molecular complexity index is 326. The molecule has 0 bridgehead atoms. The molecular weight excluding hydrogens is 190 g/mol. The first-order valence-electron chi connectivity index (χ1n) is 5.24. The highest BCUT2D eigenvalue weighted by atomic mass is 16.3. The smallest absolute Gasteiger partial charge is 0.145 e. The Kier molecular flexibility index (Phi) is 4.03. The summed E-state index contributed by atoms with van der Waals surface area (Å²) in [6, 6.07) is 0.196. The molecule has 1 heterocycles. The second-order valence-corrected chi connectivity index (χ2v) is 4.06. The van der Waals surface area contributed by atoms with Crippen molar-refractivity contribution in [1.29, 1.82) is 0 Å². The molecular formula is C11H19N3O. The third-order valence-electron chi connectivity index (χ3n) is 2.28. The highest BCUT2D eigenvalue weighted by Crippen LogP contribution is 2.09. The Morgan fingerprint density at radius 1 is 1.33 bits per heavy atom. The Morgan fingerprint density at radius 3 is 2.53 bits per heavy atom. The van der Waals surface area contributed by atoms with Crippen molar-refractivity contribution in [1.82, 2.24) is 9.97 Å². The largest absolute Gasteiger partial charge is 0.393 e. The Morgan fingerprint density at radius 2 is 2.00 bits per heavy atom. The molecule has 0 radical (unpaired) electrons. The second-order valence-electron chi connectivity index (χ2n) is 4.06. The molecule has 4 heteroatoms. The van der Waals surface area contributed by atoms with Gasteiger partial charge in [-0.1, -0.05) is 0 Å². The van der Waals surface area contributed by atoms with Crippen molar-refractivity contribution in [2.24, 2.45) is 0 Å². The lowest BCUT2D eigenvalue weighted by molar-refractivity contribution is 0.179. The van der Waals surface area contributed by atoms with E-state index in [-0.39, 0.29) is 12.1 Å². The lowest BCUT2D eigenvalue weighted by Crippen LogP contribution is -2.21. The number of aromatic nitrogens is 2. The molecule has 0 aliphatic heterocycles. The van der Waals surface area contributed by atoms with Gasteiger partial charge < -0.3 is 10.4 Å². The minimum atomic E-state index is -0.299. The van der Waals surface area contributed by atoms with Gasteiger partial charge in [0.05, 0.1) is 23.7 Å². The first-order chi connectivity index (χ1) is 6.99. The third-order valence-corrected chi connectivity index (χ3v) is 2.28. The molecule has 0 aliphatic carbocycles. The van der Waals surface area contributed by atoms with E-state index in [0.29, 0.717) is 6.42 Å². The fourth-order valence-corrected chi connectivity index (χ4v) is 1.43. The van der Waals surface area contributed by atoms with E-state index in [1.165, 1.54) is 0 Å². The van der Waals surface area contributed by atoms with Crippen LogP contribution < -0.4 is 5.32 Å². The van der Waals surface area contributed by atoms with Gasteiger partial charge in [-0.25, -0.2) is 4.98 Å². The zero-order chi connectivity index (χ0) is 11.4. The minimum Gasteiger partial charge on any atom is -0.393 e. The monoisotopic (exact) mass is 209 g/mol. The van der Waals surface area contributed by atoms with E-state index in [1.54, 1.807) is 13.1 Å². The molecule has 0 amide bonds. The molecule has 2 N–H and O–H groups in total. The maximum Gasteiger partial charge on any atom is 0.145 e. The summed E-state index contributed by atoms with van der Waals surface area (Å²) in [5, 5.41) is 12.4. The molecule has 84 valence electrons. The number of nitrogens with zero attached hydrogens (tertiary/aromatic N) is 2. The zero-order valence-electron chi connectivity index (χ0n) is 9.78. The van der Waals surface area contributed by atoms with Gasteiger partial charge in [-0.05, 0) is 34.1 Å². The molecule has 2 atom stereocenters. The first-order valence-corrected chi connectivity index (χ1v) is 5.24. The average Bonchev–Trinajstić information content (AvgIpc) is 2.10. The topological polar surface area (TPSA) is 58.0 Å². The highest BCUT2D eigenvalue weighted by molar-refractivity contribution is 5.34. The maximum absolute atomic E-state index is 9.22. The predicted octanol–water partition coefficient (Wildman–Crippen LogP) is 1.66. The molecule has 0 aromatic carbocycles. The van der Waals surface area contributed by atoms with Gasteiger partial charge in [-0.3, -0.25) is 4.98 Å². The van der Waals surface area contributed by atoms with Crippen molar-refractivity contribution in [3.05, 3.63) is 17.6 Å². The van der Waals surface area contributed by atoms with Crippen LogP contribution in [0.4, 0.5) is 5.82 Å². The van der Waals surface area contributed by atoms with E-state index in [1.807, 2.05) is 20.8 Å². The highest BCUT2D eigenvalue weighted by Gasteiger charge is 2.07. The fraction of sp³-hybridized carbons (Fsp3) is 0.636. The van der Waals surface area contributed by atoms with Crippen LogP contribution in [0.5, 0.6) is 0 Å². The summed E-state index contributed by atoms with van der Waals surface area (Å²) in [5.74, 6) is 0.770. The third kappa shape index (κ3) is 3.83. The number of hydrogen-bond donors (Lipinski definition) is 2. The average molecular weight is 209 g/mol. The predicted molar refractivity (Wildman–Crippen MR) is 60.9 cm³/mol. The van der Waals surface area contributed by atoms with Crippen LogP contribution in [-0.4, -0.2) is 27.2 Å². The van der Waals surface area contributed by atoms with Crippen molar-refractivity contribution in [2.75, 3.05) is 5.32 Å². The van der Waals surface area contributed by atoms with Crippen LogP contribution in [-0.2, 0) is 0 Å². The summed E-state index contributed by atoms with van der Waals surface area (Å²) >= 11 is 0. The fourth-order valence-electron chi connectivity index (χ4n) is 1.43. The summed E-state index contributed by atoms with van der Waals surface area (Å²) in [4.78, 5) is 8.59. The van der Waals surface area contributed by atoms with Gasteiger partial charge in [0, 0.05) is 6.04 Å². The van der Waals surface area contributed by atoms with Crippen LogP contribution >= 0.6 is 0 Å². The standard InChI is InChI=1S/C11H19N3O/c1-7(5-8(2)15)13-11-6-12-9(3)10(4)14-11/h6-8,15H,5H2,1-4H3,(H,13,14). The molecule has 1 aromatic rings. The summed E-state index contributed by atoms with van der Waals surface area (Å²) < 4.78 is 0. The van der Waals surface area contributed by atoms with Gasteiger partial charge in [0.2, 0.25) is 0 Å². The van der Waals surface area contributed by atoms with Crippen LogP contribution in [0.15, 0.2) is 6.20 Å². The Labute approximate surface area is 90.8 Å². The minimum absolute atomic E-state index is 0.196. The van der Waals surface area contributed by atoms with Crippen LogP contribution in [0.1, 0.15) is 31.7 Å². The molecule has 0 spiro atoms. The normalized spacial score (nSPS) is 14.7. The number of anilines is 1. The van der Waals surface area contributed by atoms with E-state index >= 15 is 0 Å². The summed E-state index contributed by atoms with van der Waals surface area (Å²) in [6.07, 6.45) is 2.13. The van der Waals surface area contributed by atoms with Gasteiger partial charge in [-0.2, -0.15) is 0 Å². The molecule has 0 saturated heterocycles. The van der Waals surface area contributed by atoms with Crippen molar-refractivity contribution in [2.45, 2.75) is 46.3 Å². The first kappa shape index (κ1) is 11.9. The summed E-state index contributed by atoms with van der Waals surface area (Å²) in [6.45, 7) is 7.67. The molecule has 4 nitrogen and oxygen atoms in total. The van der Waals surface area contributed by atoms with Crippen LogP contribution in [0, 0.1) is 13.8 Å². The van der Waals surface area contributed by atoms with Gasteiger partial charge in [-0.15, -0.1) is 0 Å². The van der Waals surface area contributed by atoms with Gasteiger partial charge in [0.1, 0.15) is 5.82 Å². The molecule has 0 fully saturated rings. The SMILES string of the molecule is Cc1ncc(NC(C)CC(C)O)nc1C. The van der Waals surface area contributed by atoms with Gasteiger partial charge >= 0.3 is 0 Å². The van der Waals surface area contributed by atoms with Gasteiger partial charge in [0.25, 0.3) is 0 Å². The Hall–Kier alpha value is -1.16. The lowest BCUT2D eigenvalue weighted by Gasteiger charge is -2.16. The molecule has 2 unspecified atom stereocenters. The van der Waals surface area contributed by atoms with Gasteiger partial charge in [0.15, 0.2) is 0 Å². The van der Waals surface area contributed by atoms with Crippen molar-refractivity contribution in [3.63, 3.8) is 0 Å². The van der Waals surface area contributed by atoms with Crippen molar-refractivity contribution in [3.8, 4) is 0 Å². The van der Waals surface area contributed by atoms with Crippen LogP contribution in [0.2, 0.25) is 0 Å². The lowest BCUT2D eigenvalue weighted by atomic mass is 10.1. The zero-order valence-corrected chi connectivity index (χ0v) is 9.78. The summed E-state index contributed by atoms with van der Waals surface area (Å²) in [7, 11) is 0. The van der Waals surface area contributed by atoms with E-state index in [9.17, 15) is 5.11 Å². The molecule has 1 rings (SSSR count). The quantitative estimate of drug-likeness (QED) is 0.792. The molecule has 0 aliphatic rings. The maximum atomic E-state index is 9.22. The van der Waals surface area contributed by atoms with Crippen molar-refractivity contribution >= 4 is 5.82 Å². The van der Waals surface area contributed by atoms with Crippen LogP contribution in [0.3, 0.4) is 0 Å². The second kappa shape index (κ2) is 5.07. The molecule has 1 aromatic heterocycles.